The van der Waals surface area contributed by atoms with E-state index in [0.29, 0.717) is 22.7 Å². The van der Waals surface area contributed by atoms with Crippen LogP contribution in [-0.4, -0.2) is 11.9 Å². The van der Waals surface area contributed by atoms with E-state index in [2.05, 4.69) is 19.2 Å². The van der Waals surface area contributed by atoms with Crippen LogP contribution in [0.25, 0.3) is 0 Å². The lowest BCUT2D eigenvalue weighted by atomic mass is 10.0. The van der Waals surface area contributed by atoms with Gasteiger partial charge in [0.2, 0.25) is 0 Å². The van der Waals surface area contributed by atoms with Gasteiger partial charge in [-0.3, -0.25) is 4.79 Å². The first-order chi connectivity index (χ1) is 13.5. The smallest absolute Gasteiger partial charge is 0.340 e. The van der Waals surface area contributed by atoms with Crippen molar-refractivity contribution in [3.8, 4) is 0 Å². The summed E-state index contributed by atoms with van der Waals surface area (Å²) < 4.78 is 5.45. The summed E-state index contributed by atoms with van der Waals surface area (Å²) >= 11 is 0. The van der Waals surface area contributed by atoms with Crippen LogP contribution in [0, 0.1) is 0 Å². The fourth-order valence-corrected chi connectivity index (χ4v) is 2.78. The quantitative estimate of drug-likeness (QED) is 0.587. The molecule has 3 rings (SSSR count). The third-order valence-electron chi connectivity index (χ3n) is 4.45. The van der Waals surface area contributed by atoms with Crippen LogP contribution in [0.3, 0.4) is 0 Å². The van der Waals surface area contributed by atoms with E-state index in [1.165, 1.54) is 5.56 Å². The SMILES string of the molecule is CC(C)c1ccc(COC(=O)c2ccccc2NC(=O)c2ccccc2)cc1. The highest BCUT2D eigenvalue weighted by Crippen LogP contribution is 2.19. The van der Waals surface area contributed by atoms with E-state index >= 15 is 0 Å². The van der Waals surface area contributed by atoms with E-state index in [-0.39, 0.29) is 12.5 Å². The maximum absolute atomic E-state index is 12.6. The molecule has 1 amide bonds. The van der Waals surface area contributed by atoms with E-state index in [1.807, 2.05) is 30.3 Å². The number of hydrogen-bond acceptors (Lipinski definition) is 3. The highest BCUT2D eigenvalue weighted by atomic mass is 16.5. The second kappa shape index (κ2) is 9.00. The standard InChI is InChI=1S/C24H23NO3/c1-17(2)19-14-12-18(13-15-19)16-28-24(27)21-10-6-7-11-22(21)25-23(26)20-8-4-3-5-9-20/h3-15,17H,16H2,1-2H3,(H,25,26). The van der Waals surface area contributed by atoms with Crippen molar-refractivity contribution in [2.45, 2.75) is 26.4 Å². The van der Waals surface area contributed by atoms with Crippen molar-refractivity contribution in [2.75, 3.05) is 5.32 Å². The molecule has 0 radical (unpaired) electrons. The molecule has 4 heteroatoms. The van der Waals surface area contributed by atoms with Gasteiger partial charge in [-0.15, -0.1) is 0 Å². The molecule has 0 saturated heterocycles. The number of esters is 1. The van der Waals surface area contributed by atoms with E-state index in [0.717, 1.165) is 5.56 Å². The Morgan fingerprint density at radius 1 is 0.857 bits per heavy atom. The molecule has 0 spiro atoms. The lowest BCUT2D eigenvalue weighted by Gasteiger charge is -2.12. The van der Waals surface area contributed by atoms with Crippen molar-refractivity contribution in [1.82, 2.24) is 0 Å². The molecule has 0 fully saturated rings. The largest absolute Gasteiger partial charge is 0.457 e. The van der Waals surface area contributed by atoms with Gasteiger partial charge >= 0.3 is 5.97 Å². The number of nitrogens with one attached hydrogen (secondary N) is 1. The fourth-order valence-electron chi connectivity index (χ4n) is 2.78. The minimum atomic E-state index is -0.475. The van der Waals surface area contributed by atoms with Crippen molar-refractivity contribution in [3.63, 3.8) is 0 Å². The Balaban J connectivity index is 1.68. The number of anilines is 1. The molecule has 3 aromatic carbocycles. The average molecular weight is 373 g/mol. The van der Waals surface area contributed by atoms with Gasteiger partial charge in [0.15, 0.2) is 0 Å². The summed E-state index contributed by atoms with van der Waals surface area (Å²) in [4.78, 5) is 25.0. The molecule has 3 aromatic rings. The van der Waals surface area contributed by atoms with Gasteiger partial charge in [-0.1, -0.05) is 68.4 Å². The van der Waals surface area contributed by atoms with Crippen molar-refractivity contribution >= 4 is 17.6 Å². The molecular formula is C24H23NO3. The second-order valence-corrected chi connectivity index (χ2v) is 6.84. The Morgan fingerprint density at radius 3 is 2.18 bits per heavy atom. The molecule has 1 N–H and O–H groups in total. The van der Waals surface area contributed by atoms with Crippen LogP contribution in [0.4, 0.5) is 5.69 Å². The average Bonchev–Trinajstić information content (AvgIpc) is 2.73. The third kappa shape index (κ3) is 4.86. The summed E-state index contributed by atoms with van der Waals surface area (Å²) in [6.07, 6.45) is 0. The van der Waals surface area contributed by atoms with Gasteiger partial charge in [-0.25, -0.2) is 4.79 Å². The molecule has 0 heterocycles. The Kier molecular flexibility index (Phi) is 6.22. The summed E-state index contributed by atoms with van der Waals surface area (Å²) in [7, 11) is 0. The van der Waals surface area contributed by atoms with Crippen LogP contribution in [0.1, 0.15) is 51.6 Å². The van der Waals surface area contributed by atoms with E-state index < -0.39 is 5.97 Å². The summed E-state index contributed by atoms with van der Waals surface area (Å²) in [6, 6.07) is 23.7. The first-order valence-electron chi connectivity index (χ1n) is 9.26. The predicted molar refractivity (Wildman–Crippen MR) is 110 cm³/mol. The van der Waals surface area contributed by atoms with Crippen LogP contribution in [0.15, 0.2) is 78.9 Å². The zero-order valence-electron chi connectivity index (χ0n) is 16.0. The molecule has 0 saturated carbocycles. The number of carbonyl (C=O) groups is 2. The van der Waals surface area contributed by atoms with Gasteiger partial charge in [0.1, 0.15) is 6.61 Å². The number of carbonyl (C=O) groups excluding carboxylic acids is 2. The molecule has 0 aliphatic rings. The molecular weight excluding hydrogens is 350 g/mol. The van der Waals surface area contributed by atoms with Gasteiger partial charge in [-0.05, 0) is 41.3 Å². The maximum atomic E-state index is 12.6. The first-order valence-corrected chi connectivity index (χ1v) is 9.26. The Bertz CT molecular complexity index is 947. The monoisotopic (exact) mass is 373 g/mol. The van der Waals surface area contributed by atoms with E-state index in [9.17, 15) is 9.59 Å². The summed E-state index contributed by atoms with van der Waals surface area (Å²) in [5.41, 5.74) is 3.44. The maximum Gasteiger partial charge on any atom is 0.340 e. The Morgan fingerprint density at radius 2 is 1.50 bits per heavy atom. The van der Waals surface area contributed by atoms with Gasteiger partial charge in [0.05, 0.1) is 11.3 Å². The molecule has 0 atom stereocenters. The Hall–Kier alpha value is -3.40. The topological polar surface area (TPSA) is 55.4 Å². The number of ether oxygens (including phenoxy) is 1. The lowest BCUT2D eigenvalue weighted by molar-refractivity contribution is 0.0474. The second-order valence-electron chi connectivity index (χ2n) is 6.84. The van der Waals surface area contributed by atoms with Gasteiger partial charge < -0.3 is 10.1 Å². The van der Waals surface area contributed by atoms with Crippen LogP contribution in [0.2, 0.25) is 0 Å². The lowest BCUT2D eigenvalue weighted by Crippen LogP contribution is -2.15. The highest BCUT2D eigenvalue weighted by Gasteiger charge is 2.15. The van der Waals surface area contributed by atoms with Gasteiger partial charge in [-0.2, -0.15) is 0 Å². The Labute approximate surface area is 165 Å². The predicted octanol–water partition coefficient (Wildman–Crippen LogP) is 5.42. The normalized spacial score (nSPS) is 10.5. The summed E-state index contributed by atoms with van der Waals surface area (Å²) in [5, 5.41) is 2.79. The van der Waals surface area contributed by atoms with Gasteiger partial charge in [0.25, 0.3) is 5.91 Å². The zero-order chi connectivity index (χ0) is 19.9. The molecule has 142 valence electrons. The molecule has 4 nitrogen and oxygen atoms in total. The number of amides is 1. The van der Waals surface area contributed by atoms with Crippen LogP contribution < -0.4 is 5.32 Å². The van der Waals surface area contributed by atoms with Crippen LogP contribution in [-0.2, 0) is 11.3 Å². The number of hydrogen-bond donors (Lipinski definition) is 1. The van der Waals surface area contributed by atoms with E-state index in [1.54, 1.807) is 48.5 Å². The van der Waals surface area contributed by atoms with Crippen LogP contribution in [0.5, 0.6) is 0 Å². The molecule has 0 aliphatic carbocycles. The van der Waals surface area contributed by atoms with Crippen molar-refractivity contribution in [2.24, 2.45) is 0 Å². The summed E-state index contributed by atoms with van der Waals surface area (Å²) in [6.45, 7) is 4.45. The molecule has 0 aliphatic heterocycles. The minimum Gasteiger partial charge on any atom is -0.457 e. The van der Waals surface area contributed by atoms with Gasteiger partial charge in [0, 0.05) is 5.56 Å². The molecule has 28 heavy (non-hydrogen) atoms. The number of para-hydroxylation sites is 1. The van der Waals surface area contributed by atoms with Crippen molar-refractivity contribution in [3.05, 3.63) is 101 Å². The number of rotatable bonds is 6. The molecule has 0 unspecified atom stereocenters. The minimum absolute atomic E-state index is 0.179. The fraction of sp³-hybridized carbons (Fsp3) is 0.167. The summed E-state index contributed by atoms with van der Waals surface area (Å²) in [5.74, 6) is -0.293. The zero-order valence-corrected chi connectivity index (χ0v) is 16.0. The number of benzene rings is 3. The molecule has 0 aromatic heterocycles. The third-order valence-corrected chi connectivity index (χ3v) is 4.45. The van der Waals surface area contributed by atoms with Crippen molar-refractivity contribution in [1.29, 1.82) is 0 Å². The highest BCUT2D eigenvalue weighted by molar-refractivity contribution is 6.07. The van der Waals surface area contributed by atoms with Crippen LogP contribution >= 0.6 is 0 Å². The van der Waals surface area contributed by atoms with Crippen molar-refractivity contribution < 1.29 is 14.3 Å². The molecule has 0 bridgehead atoms. The first kappa shape index (κ1) is 19.4. The van der Waals surface area contributed by atoms with E-state index in [4.69, 9.17) is 4.74 Å².